The predicted molar refractivity (Wildman–Crippen MR) is 58.1 cm³/mol. The first-order valence-electron chi connectivity index (χ1n) is 4.34. The zero-order chi connectivity index (χ0) is 10.6. The van der Waals surface area contributed by atoms with Gasteiger partial charge in [-0.1, -0.05) is 6.58 Å². The number of aliphatic imine (C=N–C) groups is 1. The van der Waals surface area contributed by atoms with Gasteiger partial charge in [-0.25, -0.2) is 9.98 Å². The minimum absolute atomic E-state index is 0.625. The van der Waals surface area contributed by atoms with Gasteiger partial charge in [-0.2, -0.15) is 0 Å². The van der Waals surface area contributed by atoms with E-state index in [1.807, 2.05) is 14.0 Å². The molecule has 76 valence electrons. The molecule has 0 saturated carbocycles. The van der Waals surface area contributed by atoms with Gasteiger partial charge in [-0.3, -0.25) is 4.68 Å². The van der Waals surface area contributed by atoms with E-state index in [0.717, 1.165) is 11.4 Å². The highest BCUT2D eigenvalue weighted by Crippen LogP contribution is 2.16. The normalized spacial score (nSPS) is 10.7. The Morgan fingerprint density at radius 1 is 1.86 bits per heavy atom. The fourth-order valence-electron chi connectivity index (χ4n) is 1.07. The number of rotatable bonds is 4. The SMILES string of the molecule is C=C(Cc1c(/N=C\C)ncn1N)NC. The van der Waals surface area contributed by atoms with Gasteiger partial charge in [0.2, 0.25) is 0 Å². The Hall–Kier alpha value is -1.78. The lowest BCUT2D eigenvalue weighted by Gasteiger charge is -2.05. The Morgan fingerprint density at radius 2 is 2.57 bits per heavy atom. The van der Waals surface area contributed by atoms with Gasteiger partial charge < -0.3 is 11.2 Å². The molecular formula is C9H15N5. The molecule has 1 aromatic heterocycles. The van der Waals surface area contributed by atoms with Crippen molar-refractivity contribution in [2.75, 3.05) is 12.9 Å². The Bertz CT molecular complexity index is 350. The molecule has 1 rings (SSSR count). The summed E-state index contributed by atoms with van der Waals surface area (Å²) in [7, 11) is 1.82. The first-order chi connectivity index (χ1) is 6.69. The van der Waals surface area contributed by atoms with Gasteiger partial charge >= 0.3 is 0 Å². The van der Waals surface area contributed by atoms with Crippen LogP contribution in [0.5, 0.6) is 0 Å². The number of nitrogens with zero attached hydrogens (tertiary/aromatic N) is 3. The number of nitrogen functional groups attached to an aromatic ring is 1. The largest absolute Gasteiger partial charge is 0.392 e. The topological polar surface area (TPSA) is 68.2 Å². The Balaban J connectivity index is 2.93. The molecule has 0 atom stereocenters. The molecule has 1 aromatic rings. The van der Waals surface area contributed by atoms with E-state index < -0.39 is 0 Å². The van der Waals surface area contributed by atoms with Crippen molar-refractivity contribution in [3.63, 3.8) is 0 Å². The molecule has 5 nitrogen and oxygen atoms in total. The molecule has 0 bridgehead atoms. The maximum atomic E-state index is 5.69. The lowest BCUT2D eigenvalue weighted by atomic mass is 10.2. The Kier molecular flexibility index (Phi) is 3.28. The second kappa shape index (κ2) is 4.45. The van der Waals surface area contributed by atoms with Crippen molar-refractivity contribution in [3.05, 3.63) is 24.3 Å². The summed E-state index contributed by atoms with van der Waals surface area (Å²) in [4.78, 5) is 8.17. The number of hydrogen-bond acceptors (Lipinski definition) is 4. The molecule has 5 heteroatoms. The first-order valence-corrected chi connectivity index (χ1v) is 4.34. The van der Waals surface area contributed by atoms with Crippen molar-refractivity contribution in [1.82, 2.24) is 15.0 Å². The number of likely N-dealkylation sites (N-methyl/N-ethyl adjacent to an activating group) is 1. The van der Waals surface area contributed by atoms with E-state index in [9.17, 15) is 0 Å². The molecule has 14 heavy (non-hydrogen) atoms. The molecule has 0 radical (unpaired) electrons. The summed E-state index contributed by atoms with van der Waals surface area (Å²) in [5, 5.41) is 2.96. The molecule has 0 saturated heterocycles. The van der Waals surface area contributed by atoms with Gasteiger partial charge in [0.05, 0.1) is 5.69 Å². The molecule has 1 heterocycles. The molecule has 0 fully saturated rings. The van der Waals surface area contributed by atoms with Crippen LogP contribution in [0.25, 0.3) is 0 Å². The lowest BCUT2D eigenvalue weighted by Crippen LogP contribution is -2.14. The van der Waals surface area contributed by atoms with Crippen LogP contribution in [-0.2, 0) is 6.42 Å². The summed E-state index contributed by atoms with van der Waals surface area (Å²) in [6.45, 7) is 5.67. The number of imidazole rings is 1. The number of aromatic nitrogens is 2. The van der Waals surface area contributed by atoms with Crippen LogP contribution in [-0.4, -0.2) is 22.9 Å². The van der Waals surface area contributed by atoms with Crippen molar-refractivity contribution in [2.24, 2.45) is 4.99 Å². The van der Waals surface area contributed by atoms with E-state index in [4.69, 9.17) is 5.84 Å². The summed E-state index contributed by atoms with van der Waals surface area (Å²) in [6, 6.07) is 0. The van der Waals surface area contributed by atoms with Crippen LogP contribution >= 0.6 is 0 Å². The summed E-state index contributed by atoms with van der Waals surface area (Å²) in [5.74, 6) is 6.33. The van der Waals surface area contributed by atoms with E-state index in [0.29, 0.717) is 12.2 Å². The fraction of sp³-hybridized carbons (Fsp3) is 0.333. The average molecular weight is 193 g/mol. The van der Waals surface area contributed by atoms with Gasteiger partial charge in [-0.05, 0) is 6.92 Å². The maximum absolute atomic E-state index is 5.69. The maximum Gasteiger partial charge on any atom is 0.175 e. The van der Waals surface area contributed by atoms with E-state index in [1.54, 1.807) is 12.5 Å². The molecule has 0 amide bonds. The van der Waals surface area contributed by atoms with Crippen LogP contribution in [0.4, 0.5) is 5.82 Å². The number of allylic oxidation sites excluding steroid dienone is 1. The van der Waals surface area contributed by atoms with Crippen LogP contribution in [0.2, 0.25) is 0 Å². The third kappa shape index (κ3) is 2.12. The number of nitrogens with two attached hydrogens (primary N) is 1. The van der Waals surface area contributed by atoms with Crippen LogP contribution < -0.4 is 11.2 Å². The predicted octanol–water partition coefficient (Wildman–Crippen LogP) is 0.595. The summed E-state index contributed by atoms with van der Waals surface area (Å²) >= 11 is 0. The minimum Gasteiger partial charge on any atom is -0.392 e. The van der Waals surface area contributed by atoms with Gasteiger partial charge in [0.1, 0.15) is 6.33 Å². The van der Waals surface area contributed by atoms with Crippen molar-refractivity contribution < 1.29 is 0 Å². The van der Waals surface area contributed by atoms with Crippen LogP contribution in [0, 0.1) is 0 Å². The molecule has 0 aliphatic heterocycles. The van der Waals surface area contributed by atoms with Gasteiger partial charge in [0, 0.05) is 25.4 Å². The Morgan fingerprint density at radius 3 is 3.14 bits per heavy atom. The molecule has 0 unspecified atom stereocenters. The highest BCUT2D eigenvalue weighted by molar-refractivity contribution is 5.59. The zero-order valence-corrected chi connectivity index (χ0v) is 8.49. The van der Waals surface area contributed by atoms with E-state index >= 15 is 0 Å². The van der Waals surface area contributed by atoms with Crippen molar-refractivity contribution in [1.29, 1.82) is 0 Å². The minimum atomic E-state index is 0.625. The molecule has 0 aromatic carbocycles. The Labute approximate surface area is 83.3 Å². The van der Waals surface area contributed by atoms with Gasteiger partial charge in [0.15, 0.2) is 5.82 Å². The monoisotopic (exact) mass is 193 g/mol. The fourth-order valence-corrected chi connectivity index (χ4v) is 1.07. The van der Waals surface area contributed by atoms with Crippen LogP contribution in [0.1, 0.15) is 12.6 Å². The lowest BCUT2D eigenvalue weighted by molar-refractivity contribution is 0.852. The first kappa shape index (κ1) is 10.3. The third-order valence-electron chi connectivity index (χ3n) is 1.86. The van der Waals surface area contributed by atoms with Crippen molar-refractivity contribution in [2.45, 2.75) is 13.3 Å². The quantitative estimate of drug-likeness (QED) is 0.543. The third-order valence-corrected chi connectivity index (χ3v) is 1.86. The smallest absolute Gasteiger partial charge is 0.175 e. The van der Waals surface area contributed by atoms with Gasteiger partial charge in [0.25, 0.3) is 0 Å². The van der Waals surface area contributed by atoms with Crippen LogP contribution in [0.15, 0.2) is 23.6 Å². The second-order valence-electron chi connectivity index (χ2n) is 2.84. The highest BCUT2D eigenvalue weighted by atomic mass is 15.3. The average Bonchev–Trinajstić information content (AvgIpc) is 2.50. The van der Waals surface area contributed by atoms with E-state index in [1.165, 1.54) is 4.68 Å². The van der Waals surface area contributed by atoms with Crippen molar-refractivity contribution >= 4 is 12.0 Å². The highest BCUT2D eigenvalue weighted by Gasteiger charge is 2.08. The molecule has 0 aliphatic carbocycles. The summed E-state index contributed by atoms with van der Waals surface area (Å²) < 4.78 is 1.46. The molecular weight excluding hydrogens is 178 g/mol. The summed E-state index contributed by atoms with van der Waals surface area (Å²) in [5.41, 5.74) is 1.73. The molecule has 0 spiro atoms. The standard InChI is InChI=1S/C9H15N5/c1-4-12-9-8(5-7(2)11-3)14(10)6-13-9/h4,6,11H,2,5,10H2,1,3H3/b12-4-. The second-order valence-corrected chi connectivity index (χ2v) is 2.84. The van der Waals surface area contributed by atoms with Crippen LogP contribution in [0.3, 0.4) is 0 Å². The molecule has 3 N–H and O–H groups in total. The van der Waals surface area contributed by atoms with E-state index in [-0.39, 0.29) is 0 Å². The van der Waals surface area contributed by atoms with E-state index in [2.05, 4.69) is 21.9 Å². The van der Waals surface area contributed by atoms with Gasteiger partial charge in [-0.15, -0.1) is 0 Å². The number of hydrogen-bond donors (Lipinski definition) is 2. The summed E-state index contributed by atoms with van der Waals surface area (Å²) in [6.07, 6.45) is 3.86. The molecule has 0 aliphatic rings. The number of nitrogens with one attached hydrogen (secondary N) is 1. The van der Waals surface area contributed by atoms with Crippen molar-refractivity contribution in [3.8, 4) is 0 Å². The zero-order valence-electron chi connectivity index (χ0n) is 8.49.